The highest BCUT2D eigenvalue weighted by Crippen LogP contribution is 2.12. The van der Waals surface area contributed by atoms with E-state index in [1.807, 2.05) is 0 Å². The summed E-state index contributed by atoms with van der Waals surface area (Å²) >= 11 is 0. The predicted molar refractivity (Wildman–Crippen MR) is 35.9 cm³/mol. The van der Waals surface area contributed by atoms with Crippen LogP contribution in [0.3, 0.4) is 0 Å². The molecular formula is C7H9NO2. The standard InChI is InChI=1S/C7H9NO2/c1-10-7(9)5-3-2-4-6(5)8/h5-6H,3,8H2,1H3. The van der Waals surface area contributed by atoms with Gasteiger partial charge in [0.15, 0.2) is 0 Å². The molecule has 0 aromatic heterocycles. The number of rotatable bonds is 1. The summed E-state index contributed by atoms with van der Waals surface area (Å²) in [4.78, 5) is 10.8. The highest BCUT2D eigenvalue weighted by atomic mass is 16.5. The van der Waals surface area contributed by atoms with Crippen molar-refractivity contribution >= 4 is 5.97 Å². The topological polar surface area (TPSA) is 52.3 Å². The minimum absolute atomic E-state index is 0.259. The normalized spacial score (nSPS) is 29.0. The van der Waals surface area contributed by atoms with Gasteiger partial charge in [-0.15, -0.1) is 5.92 Å². The second kappa shape index (κ2) is 2.72. The molecule has 0 amide bonds. The highest BCUT2D eigenvalue weighted by molar-refractivity contribution is 5.75. The van der Waals surface area contributed by atoms with E-state index in [2.05, 4.69) is 16.6 Å². The van der Waals surface area contributed by atoms with Crippen LogP contribution in [0.15, 0.2) is 0 Å². The maximum absolute atomic E-state index is 10.8. The zero-order valence-electron chi connectivity index (χ0n) is 5.76. The monoisotopic (exact) mass is 139 g/mol. The number of hydrogen-bond acceptors (Lipinski definition) is 3. The number of nitrogens with two attached hydrogens (primary N) is 1. The molecule has 2 N–H and O–H groups in total. The lowest BCUT2D eigenvalue weighted by atomic mass is 10.0. The minimum atomic E-state index is -0.326. The lowest BCUT2D eigenvalue weighted by Crippen LogP contribution is -2.32. The van der Waals surface area contributed by atoms with Crippen molar-refractivity contribution in [2.24, 2.45) is 11.7 Å². The molecule has 3 nitrogen and oxygen atoms in total. The Bertz CT molecular complexity index is 201. The summed E-state index contributed by atoms with van der Waals surface area (Å²) in [5.41, 5.74) is 5.48. The third kappa shape index (κ3) is 1.12. The van der Waals surface area contributed by atoms with Crippen LogP contribution >= 0.6 is 0 Å². The van der Waals surface area contributed by atoms with Gasteiger partial charge >= 0.3 is 5.97 Å². The van der Waals surface area contributed by atoms with Crippen molar-refractivity contribution in [1.82, 2.24) is 0 Å². The Morgan fingerprint density at radius 3 is 2.90 bits per heavy atom. The van der Waals surface area contributed by atoms with E-state index in [-0.39, 0.29) is 17.9 Å². The molecule has 0 aliphatic heterocycles. The van der Waals surface area contributed by atoms with Gasteiger partial charge in [-0.25, -0.2) is 0 Å². The number of ether oxygens (including phenoxy) is 1. The second-order valence-corrected chi connectivity index (χ2v) is 2.18. The SMILES string of the molecule is COC(=O)C1CC#CC1N. The van der Waals surface area contributed by atoms with E-state index in [1.165, 1.54) is 7.11 Å². The Hall–Kier alpha value is -1.01. The van der Waals surface area contributed by atoms with Gasteiger partial charge in [-0.3, -0.25) is 4.79 Å². The minimum Gasteiger partial charge on any atom is -0.469 e. The van der Waals surface area contributed by atoms with Crippen LogP contribution in [0, 0.1) is 17.8 Å². The van der Waals surface area contributed by atoms with E-state index in [1.54, 1.807) is 0 Å². The van der Waals surface area contributed by atoms with Gasteiger partial charge in [0, 0.05) is 6.42 Å². The summed E-state index contributed by atoms with van der Waals surface area (Å²) in [5, 5.41) is 0. The molecule has 1 rings (SSSR count). The third-order valence-electron chi connectivity index (χ3n) is 1.53. The molecule has 10 heavy (non-hydrogen) atoms. The van der Waals surface area contributed by atoms with Crippen molar-refractivity contribution in [3.63, 3.8) is 0 Å². The zero-order valence-corrected chi connectivity index (χ0v) is 5.76. The molecular weight excluding hydrogens is 130 g/mol. The van der Waals surface area contributed by atoms with Crippen LogP contribution in [0.5, 0.6) is 0 Å². The summed E-state index contributed by atoms with van der Waals surface area (Å²) in [6.45, 7) is 0. The number of esters is 1. The van der Waals surface area contributed by atoms with Gasteiger partial charge in [0.25, 0.3) is 0 Å². The molecule has 0 saturated heterocycles. The summed E-state index contributed by atoms with van der Waals surface area (Å²) in [6, 6.07) is -0.326. The third-order valence-corrected chi connectivity index (χ3v) is 1.53. The molecule has 0 bridgehead atoms. The van der Waals surface area contributed by atoms with E-state index >= 15 is 0 Å². The zero-order chi connectivity index (χ0) is 7.56. The number of carbonyl (C=O) groups is 1. The Balaban J connectivity index is 2.52. The molecule has 0 spiro atoms. The van der Waals surface area contributed by atoms with Gasteiger partial charge in [-0.2, -0.15) is 0 Å². The molecule has 0 saturated carbocycles. The van der Waals surface area contributed by atoms with Crippen molar-refractivity contribution in [3.8, 4) is 11.8 Å². The van der Waals surface area contributed by atoms with Gasteiger partial charge in [-0.1, -0.05) is 5.92 Å². The van der Waals surface area contributed by atoms with Crippen LogP contribution in [0.1, 0.15) is 6.42 Å². The first-order valence-electron chi connectivity index (χ1n) is 3.07. The average molecular weight is 139 g/mol. The van der Waals surface area contributed by atoms with E-state index in [0.717, 1.165) is 0 Å². The molecule has 2 atom stereocenters. The van der Waals surface area contributed by atoms with Gasteiger partial charge in [0.05, 0.1) is 19.1 Å². The van der Waals surface area contributed by atoms with Crippen LogP contribution in [0.4, 0.5) is 0 Å². The van der Waals surface area contributed by atoms with Crippen molar-refractivity contribution in [1.29, 1.82) is 0 Å². The van der Waals surface area contributed by atoms with Crippen LogP contribution in [0.25, 0.3) is 0 Å². The first-order valence-corrected chi connectivity index (χ1v) is 3.07. The van der Waals surface area contributed by atoms with Gasteiger partial charge < -0.3 is 10.5 Å². The Morgan fingerprint density at radius 2 is 2.50 bits per heavy atom. The first kappa shape index (κ1) is 7.10. The number of carbonyl (C=O) groups excluding carboxylic acids is 1. The Morgan fingerprint density at radius 1 is 1.80 bits per heavy atom. The van der Waals surface area contributed by atoms with Crippen molar-refractivity contribution < 1.29 is 9.53 Å². The van der Waals surface area contributed by atoms with Crippen LogP contribution in [0.2, 0.25) is 0 Å². The van der Waals surface area contributed by atoms with Gasteiger partial charge in [0.1, 0.15) is 0 Å². The van der Waals surface area contributed by atoms with Crippen LogP contribution in [-0.2, 0) is 9.53 Å². The molecule has 0 aromatic rings. The van der Waals surface area contributed by atoms with E-state index in [0.29, 0.717) is 6.42 Å². The smallest absolute Gasteiger partial charge is 0.312 e. The Kier molecular flexibility index (Phi) is 1.93. The molecule has 0 radical (unpaired) electrons. The summed E-state index contributed by atoms with van der Waals surface area (Å²) in [6.07, 6.45) is 0.536. The fourth-order valence-corrected chi connectivity index (χ4v) is 0.896. The van der Waals surface area contributed by atoms with E-state index in [9.17, 15) is 4.79 Å². The first-order chi connectivity index (χ1) is 4.75. The molecule has 0 heterocycles. The predicted octanol–water partition coefficient (Wildman–Crippen LogP) is -0.490. The molecule has 2 unspecified atom stereocenters. The fraction of sp³-hybridized carbons (Fsp3) is 0.571. The Labute approximate surface area is 59.5 Å². The van der Waals surface area contributed by atoms with Crippen LogP contribution < -0.4 is 5.73 Å². The molecule has 54 valence electrons. The average Bonchev–Trinajstić information content (AvgIpc) is 2.34. The van der Waals surface area contributed by atoms with Gasteiger partial charge in [-0.05, 0) is 0 Å². The lowest BCUT2D eigenvalue weighted by molar-refractivity contribution is -0.145. The fourth-order valence-electron chi connectivity index (χ4n) is 0.896. The van der Waals surface area contributed by atoms with Crippen LogP contribution in [-0.4, -0.2) is 19.1 Å². The molecule has 0 fully saturated rings. The van der Waals surface area contributed by atoms with E-state index < -0.39 is 0 Å². The van der Waals surface area contributed by atoms with Crippen molar-refractivity contribution in [3.05, 3.63) is 0 Å². The second-order valence-electron chi connectivity index (χ2n) is 2.18. The van der Waals surface area contributed by atoms with Crippen molar-refractivity contribution in [2.75, 3.05) is 7.11 Å². The van der Waals surface area contributed by atoms with Gasteiger partial charge in [0.2, 0.25) is 0 Å². The maximum Gasteiger partial charge on any atom is 0.312 e. The molecule has 0 aromatic carbocycles. The highest BCUT2D eigenvalue weighted by Gasteiger charge is 2.27. The quantitative estimate of drug-likeness (QED) is 0.394. The molecule has 1 aliphatic carbocycles. The lowest BCUT2D eigenvalue weighted by Gasteiger charge is -2.09. The van der Waals surface area contributed by atoms with E-state index in [4.69, 9.17) is 5.73 Å². The van der Waals surface area contributed by atoms with Crippen molar-refractivity contribution in [2.45, 2.75) is 12.5 Å². The molecule has 3 heteroatoms. The largest absolute Gasteiger partial charge is 0.469 e. The number of hydrogen-bond donors (Lipinski definition) is 1. The molecule has 1 aliphatic rings. The summed E-state index contributed by atoms with van der Waals surface area (Å²) in [5.74, 6) is 4.94. The number of methoxy groups -OCH3 is 1. The summed E-state index contributed by atoms with van der Waals surface area (Å²) in [7, 11) is 1.35. The summed E-state index contributed by atoms with van der Waals surface area (Å²) < 4.78 is 4.51. The maximum atomic E-state index is 10.8.